The molecule has 0 bridgehead atoms. The highest BCUT2D eigenvalue weighted by Crippen LogP contribution is 2.24. The Balaban J connectivity index is 1.91. The highest BCUT2D eigenvalue weighted by Gasteiger charge is 2.35. The van der Waals surface area contributed by atoms with Crippen LogP contribution in [0.3, 0.4) is 0 Å². The molecule has 1 saturated heterocycles. The Morgan fingerprint density at radius 1 is 1.22 bits per heavy atom. The van der Waals surface area contributed by atoms with Crippen LogP contribution in [0.4, 0.5) is 0 Å². The molecule has 2 aromatic carbocycles. The topological polar surface area (TPSA) is 63.7 Å². The molecule has 3 rings (SSSR count). The van der Waals surface area contributed by atoms with Crippen molar-refractivity contribution in [3.63, 3.8) is 0 Å². The van der Waals surface area contributed by atoms with Gasteiger partial charge >= 0.3 is 0 Å². The third-order valence-corrected chi connectivity index (χ3v) is 6.53. The molecule has 7 heteroatoms. The summed E-state index contributed by atoms with van der Waals surface area (Å²) in [4.78, 5) is 14.9. The molecule has 0 spiro atoms. The van der Waals surface area contributed by atoms with Gasteiger partial charge in [-0.05, 0) is 49.2 Å². The second kappa shape index (κ2) is 8.31. The van der Waals surface area contributed by atoms with Crippen molar-refractivity contribution >= 4 is 27.3 Å². The molecule has 0 saturated carbocycles. The smallest absolute Gasteiger partial charge is 0.254 e. The van der Waals surface area contributed by atoms with Crippen LogP contribution in [0.25, 0.3) is 0 Å². The van der Waals surface area contributed by atoms with E-state index in [2.05, 4.69) is 0 Å². The van der Waals surface area contributed by atoms with Gasteiger partial charge in [0, 0.05) is 23.2 Å². The Morgan fingerprint density at radius 2 is 2.00 bits per heavy atom. The van der Waals surface area contributed by atoms with Crippen LogP contribution in [0, 0.1) is 0 Å². The first-order valence-corrected chi connectivity index (χ1v) is 11.1. The second-order valence-electron chi connectivity index (χ2n) is 6.58. The summed E-state index contributed by atoms with van der Waals surface area (Å²) < 4.78 is 29.4. The number of carbonyl (C=O) groups is 1. The van der Waals surface area contributed by atoms with Gasteiger partial charge < -0.3 is 9.64 Å². The predicted octanol–water partition coefficient (Wildman–Crippen LogP) is 3.57. The molecule has 0 radical (unpaired) electrons. The molecule has 27 heavy (non-hydrogen) atoms. The van der Waals surface area contributed by atoms with Crippen molar-refractivity contribution in [1.29, 1.82) is 0 Å². The summed E-state index contributed by atoms with van der Waals surface area (Å²) in [5, 5.41) is 0.581. The molecule has 0 aliphatic carbocycles. The largest absolute Gasteiger partial charge is 0.494 e. The van der Waals surface area contributed by atoms with E-state index in [0.717, 1.165) is 5.56 Å². The lowest BCUT2D eigenvalue weighted by Gasteiger charge is -2.29. The SMILES string of the molecule is CCOc1cccc(C(=O)N(Cc2cccc(Cl)c2)[C@@H]2CCS(=O)(=O)C2)c1. The van der Waals surface area contributed by atoms with Crippen molar-refractivity contribution in [1.82, 2.24) is 4.90 Å². The monoisotopic (exact) mass is 407 g/mol. The molecule has 5 nitrogen and oxygen atoms in total. The quantitative estimate of drug-likeness (QED) is 0.734. The molecular weight excluding hydrogens is 386 g/mol. The van der Waals surface area contributed by atoms with Crippen molar-refractivity contribution in [2.24, 2.45) is 0 Å². The van der Waals surface area contributed by atoms with Crippen LogP contribution in [-0.4, -0.2) is 43.4 Å². The third-order valence-electron chi connectivity index (χ3n) is 4.54. The highest BCUT2D eigenvalue weighted by atomic mass is 35.5. The number of carbonyl (C=O) groups excluding carboxylic acids is 1. The maximum absolute atomic E-state index is 13.2. The molecule has 1 heterocycles. The Hall–Kier alpha value is -2.05. The van der Waals surface area contributed by atoms with Gasteiger partial charge in [-0.1, -0.05) is 29.8 Å². The van der Waals surface area contributed by atoms with Gasteiger partial charge in [-0.3, -0.25) is 4.79 Å². The van der Waals surface area contributed by atoms with E-state index in [1.165, 1.54) is 0 Å². The molecule has 2 aromatic rings. The van der Waals surface area contributed by atoms with Crippen molar-refractivity contribution in [2.45, 2.75) is 25.9 Å². The molecule has 144 valence electrons. The average molecular weight is 408 g/mol. The van der Waals surface area contributed by atoms with E-state index in [9.17, 15) is 13.2 Å². The van der Waals surface area contributed by atoms with E-state index < -0.39 is 9.84 Å². The lowest BCUT2D eigenvalue weighted by Crippen LogP contribution is -2.40. The summed E-state index contributed by atoms with van der Waals surface area (Å²) in [5.41, 5.74) is 1.34. The maximum atomic E-state index is 13.2. The summed E-state index contributed by atoms with van der Waals surface area (Å²) in [6.07, 6.45) is 0.444. The molecule has 1 fully saturated rings. The fraction of sp³-hybridized carbons (Fsp3) is 0.350. The number of nitrogens with zero attached hydrogens (tertiary/aromatic N) is 1. The van der Waals surface area contributed by atoms with Crippen molar-refractivity contribution in [2.75, 3.05) is 18.1 Å². The summed E-state index contributed by atoms with van der Waals surface area (Å²) >= 11 is 6.07. The van der Waals surface area contributed by atoms with Crippen LogP contribution in [0.5, 0.6) is 5.75 Å². The average Bonchev–Trinajstić information content (AvgIpc) is 2.99. The molecular formula is C20H22ClNO4S. The minimum absolute atomic E-state index is 0.00947. The minimum Gasteiger partial charge on any atom is -0.494 e. The Labute approximate surface area is 164 Å². The van der Waals surface area contributed by atoms with E-state index in [0.29, 0.717) is 35.9 Å². The van der Waals surface area contributed by atoms with Crippen molar-refractivity contribution in [3.8, 4) is 5.75 Å². The molecule has 0 N–H and O–H groups in total. The predicted molar refractivity (Wildman–Crippen MR) is 106 cm³/mol. The molecule has 1 amide bonds. The second-order valence-corrected chi connectivity index (χ2v) is 9.25. The summed E-state index contributed by atoms with van der Waals surface area (Å²) in [6, 6.07) is 13.9. The molecule has 1 aliphatic rings. The summed E-state index contributed by atoms with van der Waals surface area (Å²) in [7, 11) is -3.12. The number of hydrogen-bond acceptors (Lipinski definition) is 4. The Bertz CT molecular complexity index is 929. The fourth-order valence-electron chi connectivity index (χ4n) is 3.27. The van der Waals surface area contributed by atoms with E-state index in [1.807, 2.05) is 19.1 Å². The lowest BCUT2D eigenvalue weighted by molar-refractivity contribution is 0.0680. The van der Waals surface area contributed by atoms with E-state index >= 15 is 0 Å². The van der Waals surface area contributed by atoms with Crippen LogP contribution < -0.4 is 4.74 Å². The zero-order valence-corrected chi connectivity index (χ0v) is 16.7. The van der Waals surface area contributed by atoms with Gasteiger partial charge in [-0.25, -0.2) is 8.42 Å². The van der Waals surface area contributed by atoms with Gasteiger partial charge in [-0.15, -0.1) is 0 Å². The number of halogens is 1. The van der Waals surface area contributed by atoms with Gasteiger partial charge in [0.2, 0.25) is 0 Å². The van der Waals surface area contributed by atoms with E-state index in [1.54, 1.807) is 41.3 Å². The first-order valence-electron chi connectivity index (χ1n) is 8.86. The first kappa shape index (κ1) is 19.7. The van der Waals surface area contributed by atoms with Gasteiger partial charge in [0.1, 0.15) is 5.75 Å². The number of benzene rings is 2. The number of hydrogen-bond donors (Lipinski definition) is 0. The lowest BCUT2D eigenvalue weighted by atomic mass is 10.1. The number of rotatable bonds is 6. The number of sulfone groups is 1. The first-order chi connectivity index (χ1) is 12.9. The van der Waals surface area contributed by atoms with Crippen LogP contribution in [-0.2, 0) is 16.4 Å². The minimum atomic E-state index is -3.12. The highest BCUT2D eigenvalue weighted by molar-refractivity contribution is 7.91. The van der Waals surface area contributed by atoms with Gasteiger partial charge in [0.05, 0.1) is 18.1 Å². The third kappa shape index (κ3) is 5.02. The van der Waals surface area contributed by atoms with Crippen molar-refractivity contribution in [3.05, 3.63) is 64.7 Å². The van der Waals surface area contributed by atoms with Crippen LogP contribution >= 0.6 is 11.6 Å². The molecule has 1 aliphatic heterocycles. The standard InChI is InChI=1S/C20H22ClNO4S/c1-2-26-19-8-4-6-16(12-19)20(23)22(18-9-10-27(24,25)14-18)13-15-5-3-7-17(21)11-15/h3-8,11-12,18H,2,9-10,13-14H2,1H3/t18-/m1/s1. The maximum Gasteiger partial charge on any atom is 0.254 e. The zero-order chi connectivity index (χ0) is 19.4. The normalized spacial score (nSPS) is 18.2. The Morgan fingerprint density at radius 3 is 2.67 bits per heavy atom. The fourth-order valence-corrected chi connectivity index (χ4v) is 5.21. The van der Waals surface area contributed by atoms with Gasteiger partial charge in [0.15, 0.2) is 9.84 Å². The van der Waals surface area contributed by atoms with E-state index in [-0.39, 0.29) is 23.5 Å². The molecule has 0 aromatic heterocycles. The van der Waals surface area contributed by atoms with Crippen LogP contribution in [0.1, 0.15) is 29.3 Å². The number of ether oxygens (including phenoxy) is 1. The zero-order valence-electron chi connectivity index (χ0n) is 15.1. The van der Waals surface area contributed by atoms with Gasteiger partial charge in [0.25, 0.3) is 5.91 Å². The summed E-state index contributed by atoms with van der Waals surface area (Å²) in [6.45, 7) is 2.69. The van der Waals surface area contributed by atoms with E-state index in [4.69, 9.17) is 16.3 Å². The summed E-state index contributed by atoms with van der Waals surface area (Å²) in [5.74, 6) is 0.504. The molecule has 0 unspecified atom stereocenters. The number of amides is 1. The Kier molecular flexibility index (Phi) is 6.07. The molecule has 1 atom stereocenters. The van der Waals surface area contributed by atoms with Crippen LogP contribution in [0.2, 0.25) is 5.02 Å². The van der Waals surface area contributed by atoms with Crippen LogP contribution in [0.15, 0.2) is 48.5 Å². The van der Waals surface area contributed by atoms with Crippen molar-refractivity contribution < 1.29 is 17.9 Å². The van der Waals surface area contributed by atoms with Gasteiger partial charge in [-0.2, -0.15) is 0 Å².